The standard InChI is InChI=1S/C17H16FNO6S/c18-12-1-3-13(4-2-12)25-14-5-7-15(8-6-14)26(22,23)19-17(16(20)21)9-10-24-11-17/h1-8,19H,9-11H2,(H,20,21)/t17-/m0/s1. The van der Waals surface area contributed by atoms with Crippen molar-refractivity contribution >= 4 is 16.0 Å². The molecule has 1 atom stereocenters. The van der Waals surface area contributed by atoms with Gasteiger partial charge in [-0.3, -0.25) is 4.79 Å². The van der Waals surface area contributed by atoms with Gasteiger partial charge in [0.25, 0.3) is 0 Å². The Morgan fingerprint density at radius 3 is 2.19 bits per heavy atom. The third kappa shape index (κ3) is 3.85. The number of ether oxygens (including phenoxy) is 2. The van der Waals surface area contributed by atoms with Crippen LogP contribution in [0.2, 0.25) is 0 Å². The summed E-state index contributed by atoms with van der Waals surface area (Å²) in [5, 5.41) is 9.35. The molecule has 138 valence electrons. The van der Waals surface area contributed by atoms with Gasteiger partial charge in [0.15, 0.2) is 5.54 Å². The summed E-state index contributed by atoms with van der Waals surface area (Å²) in [5.41, 5.74) is -1.66. The van der Waals surface area contributed by atoms with E-state index in [2.05, 4.69) is 4.72 Å². The molecule has 0 aliphatic carbocycles. The van der Waals surface area contributed by atoms with Gasteiger partial charge in [-0.1, -0.05) is 0 Å². The van der Waals surface area contributed by atoms with Gasteiger partial charge in [-0.15, -0.1) is 0 Å². The number of halogens is 1. The molecule has 1 saturated heterocycles. The molecule has 0 radical (unpaired) electrons. The zero-order valence-electron chi connectivity index (χ0n) is 13.5. The van der Waals surface area contributed by atoms with E-state index in [1.165, 1.54) is 48.5 Å². The van der Waals surface area contributed by atoms with Gasteiger partial charge in [0.1, 0.15) is 17.3 Å². The third-order valence-corrected chi connectivity index (χ3v) is 5.50. The Morgan fingerprint density at radius 2 is 1.69 bits per heavy atom. The number of carboxylic acids is 1. The summed E-state index contributed by atoms with van der Waals surface area (Å²) in [6.07, 6.45) is 0.0489. The molecular weight excluding hydrogens is 365 g/mol. The van der Waals surface area contributed by atoms with E-state index in [9.17, 15) is 22.7 Å². The molecule has 1 aliphatic heterocycles. The maximum absolute atomic E-state index is 12.9. The number of benzene rings is 2. The smallest absolute Gasteiger partial charge is 0.327 e. The Balaban J connectivity index is 1.76. The number of hydrogen-bond donors (Lipinski definition) is 2. The average Bonchev–Trinajstić information content (AvgIpc) is 3.07. The number of nitrogens with one attached hydrogen (secondary N) is 1. The monoisotopic (exact) mass is 381 g/mol. The van der Waals surface area contributed by atoms with Crippen molar-refractivity contribution in [2.75, 3.05) is 13.2 Å². The van der Waals surface area contributed by atoms with Crippen LogP contribution in [0.3, 0.4) is 0 Å². The fourth-order valence-corrected chi connectivity index (χ4v) is 3.87. The van der Waals surface area contributed by atoms with Crippen LogP contribution in [-0.2, 0) is 19.6 Å². The summed E-state index contributed by atoms with van der Waals surface area (Å²) in [6.45, 7) is -0.0629. The second kappa shape index (κ2) is 7.02. The van der Waals surface area contributed by atoms with Crippen LogP contribution in [0.4, 0.5) is 4.39 Å². The highest BCUT2D eigenvalue weighted by atomic mass is 32.2. The maximum Gasteiger partial charge on any atom is 0.327 e. The van der Waals surface area contributed by atoms with E-state index >= 15 is 0 Å². The zero-order valence-corrected chi connectivity index (χ0v) is 14.3. The molecule has 0 aromatic heterocycles. The number of carbonyl (C=O) groups is 1. The number of aliphatic carboxylic acids is 1. The van der Waals surface area contributed by atoms with Gasteiger partial charge >= 0.3 is 5.97 Å². The Bertz CT molecular complexity index is 890. The van der Waals surface area contributed by atoms with Crippen molar-refractivity contribution in [3.63, 3.8) is 0 Å². The molecule has 0 bridgehead atoms. The first-order valence-electron chi connectivity index (χ1n) is 7.69. The molecule has 2 aromatic rings. The van der Waals surface area contributed by atoms with Gasteiger partial charge in [-0.25, -0.2) is 12.8 Å². The van der Waals surface area contributed by atoms with Gasteiger partial charge in [-0.2, -0.15) is 4.72 Å². The molecule has 0 amide bonds. The fourth-order valence-electron chi connectivity index (χ4n) is 2.50. The molecule has 1 aliphatic rings. The lowest BCUT2D eigenvalue weighted by Gasteiger charge is -2.23. The summed E-state index contributed by atoms with van der Waals surface area (Å²) in [5.74, 6) is -0.927. The molecule has 26 heavy (non-hydrogen) atoms. The number of carboxylic acid groups (broad SMARTS) is 1. The van der Waals surface area contributed by atoms with Crippen molar-refractivity contribution in [2.45, 2.75) is 16.9 Å². The van der Waals surface area contributed by atoms with Crippen molar-refractivity contribution in [3.05, 3.63) is 54.3 Å². The van der Waals surface area contributed by atoms with Gasteiger partial charge in [-0.05, 0) is 48.5 Å². The van der Waals surface area contributed by atoms with E-state index in [0.717, 1.165) is 0 Å². The zero-order chi connectivity index (χ0) is 18.8. The maximum atomic E-state index is 12.9. The van der Waals surface area contributed by atoms with Gasteiger partial charge in [0, 0.05) is 13.0 Å². The minimum atomic E-state index is -4.06. The summed E-state index contributed by atoms with van der Waals surface area (Å²) in [4.78, 5) is 11.4. The van der Waals surface area contributed by atoms with Crippen LogP contribution in [0.15, 0.2) is 53.4 Å². The Labute approximate surface area is 149 Å². The van der Waals surface area contributed by atoms with E-state index in [4.69, 9.17) is 9.47 Å². The first-order chi connectivity index (χ1) is 12.3. The van der Waals surface area contributed by atoms with E-state index in [-0.39, 0.29) is 24.5 Å². The molecule has 0 saturated carbocycles. The van der Waals surface area contributed by atoms with Crippen LogP contribution >= 0.6 is 0 Å². The van der Waals surface area contributed by atoms with Crippen molar-refractivity contribution in [2.24, 2.45) is 0 Å². The first kappa shape index (κ1) is 18.3. The Kier molecular flexibility index (Phi) is 4.94. The first-order valence-corrected chi connectivity index (χ1v) is 9.18. The van der Waals surface area contributed by atoms with Crippen molar-refractivity contribution in [1.82, 2.24) is 4.72 Å². The Hall–Kier alpha value is -2.49. The van der Waals surface area contributed by atoms with E-state index in [1.807, 2.05) is 0 Å². The van der Waals surface area contributed by atoms with Crippen molar-refractivity contribution < 1.29 is 32.2 Å². The molecular formula is C17H16FNO6S. The van der Waals surface area contributed by atoms with E-state index in [1.54, 1.807) is 0 Å². The highest BCUT2D eigenvalue weighted by Crippen LogP contribution is 2.25. The Morgan fingerprint density at radius 1 is 1.12 bits per heavy atom. The average molecular weight is 381 g/mol. The second-order valence-electron chi connectivity index (χ2n) is 5.82. The molecule has 9 heteroatoms. The molecule has 3 rings (SSSR count). The van der Waals surface area contributed by atoms with E-state index in [0.29, 0.717) is 11.5 Å². The normalized spacial score (nSPS) is 20.0. The summed E-state index contributed by atoms with van der Waals surface area (Å²) < 4.78 is 50.6. The van der Waals surface area contributed by atoms with Crippen molar-refractivity contribution in [1.29, 1.82) is 0 Å². The largest absolute Gasteiger partial charge is 0.480 e. The van der Waals surface area contributed by atoms with E-state index < -0.39 is 27.3 Å². The highest BCUT2D eigenvalue weighted by molar-refractivity contribution is 7.89. The molecule has 1 fully saturated rings. The molecule has 7 nitrogen and oxygen atoms in total. The number of sulfonamides is 1. The summed E-state index contributed by atoms with van der Waals surface area (Å²) in [7, 11) is -4.06. The number of rotatable bonds is 6. The molecule has 2 N–H and O–H groups in total. The lowest BCUT2D eigenvalue weighted by molar-refractivity contribution is -0.144. The second-order valence-corrected chi connectivity index (χ2v) is 7.51. The molecule has 2 aromatic carbocycles. The molecule has 1 heterocycles. The van der Waals surface area contributed by atoms with Gasteiger partial charge < -0.3 is 14.6 Å². The molecule has 0 unspecified atom stereocenters. The topological polar surface area (TPSA) is 102 Å². The van der Waals surface area contributed by atoms with Crippen LogP contribution in [-0.4, -0.2) is 38.2 Å². The minimum absolute atomic E-state index is 0.0489. The third-order valence-electron chi connectivity index (χ3n) is 3.94. The summed E-state index contributed by atoms with van der Waals surface area (Å²) in [6, 6.07) is 10.8. The predicted molar refractivity (Wildman–Crippen MR) is 89.0 cm³/mol. The van der Waals surface area contributed by atoms with Gasteiger partial charge in [0.2, 0.25) is 10.0 Å². The predicted octanol–water partition coefficient (Wildman–Crippen LogP) is 2.14. The van der Waals surface area contributed by atoms with Crippen LogP contribution in [0, 0.1) is 5.82 Å². The summed E-state index contributed by atoms with van der Waals surface area (Å²) >= 11 is 0. The van der Waals surface area contributed by atoms with Crippen LogP contribution in [0.5, 0.6) is 11.5 Å². The molecule has 0 spiro atoms. The number of hydrogen-bond acceptors (Lipinski definition) is 5. The van der Waals surface area contributed by atoms with Crippen LogP contribution in [0.1, 0.15) is 6.42 Å². The highest BCUT2D eigenvalue weighted by Gasteiger charge is 2.46. The van der Waals surface area contributed by atoms with Crippen LogP contribution < -0.4 is 9.46 Å². The minimum Gasteiger partial charge on any atom is -0.480 e. The fraction of sp³-hybridized carbons (Fsp3) is 0.235. The SMILES string of the molecule is O=C(O)[C@]1(NS(=O)(=O)c2ccc(Oc3ccc(F)cc3)cc2)CCOC1. The quantitative estimate of drug-likeness (QED) is 0.795. The van der Waals surface area contributed by atoms with Crippen LogP contribution in [0.25, 0.3) is 0 Å². The van der Waals surface area contributed by atoms with Crippen molar-refractivity contribution in [3.8, 4) is 11.5 Å². The van der Waals surface area contributed by atoms with Gasteiger partial charge in [0.05, 0.1) is 11.5 Å². The lowest BCUT2D eigenvalue weighted by atomic mass is 10.0. The lowest BCUT2D eigenvalue weighted by Crippen LogP contribution is -2.54.